The molecule has 0 aliphatic heterocycles. The second-order valence-corrected chi connectivity index (χ2v) is 6.85. The Morgan fingerprint density at radius 2 is 2.00 bits per heavy atom. The summed E-state index contributed by atoms with van der Waals surface area (Å²) in [5.41, 5.74) is 2.17. The Morgan fingerprint density at radius 3 is 2.67 bits per heavy atom. The van der Waals surface area contributed by atoms with E-state index in [2.05, 4.69) is 36.2 Å². The van der Waals surface area contributed by atoms with Gasteiger partial charge in [-0.05, 0) is 25.0 Å². The standard InChI is InChI=1S/C16H22N4O/c1-16(2,3)13-10-20-14(18-13)9-8-12(19-20)15(21)17-11-6-4-5-7-11/h8-11H,4-7H2,1-3H3,(H,17,21). The van der Waals surface area contributed by atoms with Crippen molar-refractivity contribution in [2.45, 2.75) is 57.9 Å². The second kappa shape index (κ2) is 5.13. The van der Waals surface area contributed by atoms with Crippen molar-refractivity contribution in [2.24, 2.45) is 0 Å². The fourth-order valence-corrected chi connectivity index (χ4v) is 2.69. The van der Waals surface area contributed by atoms with Crippen molar-refractivity contribution in [1.29, 1.82) is 0 Å². The molecule has 2 heterocycles. The van der Waals surface area contributed by atoms with Crippen molar-refractivity contribution in [3.63, 3.8) is 0 Å². The topological polar surface area (TPSA) is 59.3 Å². The van der Waals surface area contributed by atoms with Gasteiger partial charge in [-0.15, -0.1) is 0 Å². The van der Waals surface area contributed by atoms with Gasteiger partial charge in [-0.2, -0.15) is 5.10 Å². The summed E-state index contributed by atoms with van der Waals surface area (Å²) < 4.78 is 1.70. The van der Waals surface area contributed by atoms with E-state index in [0.717, 1.165) is 24.2 Å². The van der Waals surface area contributed by atoms with E-state index in [4.69, 9.17) is 0 Å². The molecular weight excluding hydrogens is 264 g/mol. The van der Waals surface area contributed by atoms with E-state index in [1.807, 2.05) is 12.3 Å². The summed E-state index contributed by atoms with van der Waals surface area (Å²) in [5, 5.41) is 7.46. The summed E-state index contributed by atoms with van der Waals surface area (Å²) in [6, 6.07) is 3.91. The third-order valence-electron chi connectivity index (χ3n) is 4.01. The van der Waals surface area contributed by atoms with Crippen molar-refractivity contribution < 1.29 is 4.79 Å². The minimum absolute atomic E-state index is 0.0278. The average molecular weight is 286 g/mol. The van der Waals surface area contributed by atoms with Crippen LogP contribution in [0.3, 0.4) is 0 Å². The van der Waals surface area contributed by atoms with Gasteiger partial charge >= 0.3 is 0 Å². The number of rotatable bonds is 2. The summed E-state index contributed by atoms with van der Waals surface area (Å²) in [4.78, 5) is 16.8. The van der Waals surface area contributed by atoms with Gasteiger partial charge in [0.05, 0.1) is 11.9 Å². The van der Waals surface area contributed by atoms with Crippen LogP contribution in [0.4, 0.5) is 0 Å². The number of hydrogen-bond acceptors (Lipinski definition) is 3. The molecule has 1 fully saturated rings. The number of imidazole rings is 1. The fourth-order valence-electron chi connectivity index (χ4n) is 2.69. The van der Waals surface area contributed by atoms with Gasteiger partial charge in [0.25, 0.3) is 5.91 Å². The maximum Gasteiger partial charge on any atom is 0.271 e. The number of fused-ring (bicyclic) bond motifs is 1. The molecule has 0 atom stereocenters. The van der Waals surface area contributed by atoms with Crippen molar-refractivity contribution in [3.05, 3.63) is 29.7 Å². The largest absolute Gasteiger partial charge is 0.348 e. The maximum atomic E-state index is 12.2. The molecule has 112 valence electrons. The summed E-state index contributed by atoms with van der Waals surface area (Å²) in [6.45, 7) is 6.34. The molecule has 0 aromatic carbocycles. The fraction of sp³-hybridized carbons (Fsp3) is 0.562. The van der Waals surface area contributed by atoms with Crippen LogP contribution < -0.4 is 5.32 Å². The van der Waals surface area contributed by atoms with Gasteiger partial charge in [-0.1, -0.05) is 33.6 Å². The Hall–Kier alpha value is -1.91. The van der Waals surface area contributed by atoms with Gasteiger partial charge < -0.3 is 5.32 Å². The molecule has 3 rings (SSSR count). The first kappa shape index (κ1) is 14.0. The molecule has 21 heavy (non-hydrogen) atoms. The molecule has 0 spiro atoms. The van der Waals surface area contributed by atoms with E-state index < -0.39 is 0 Å². The quantitative estimate of drug-likeness (QED) is 0.923. The molecule has 1 saturated carbocycles. The summed E-state index contributed by atoms with van der Waals surface area (Å²) in [7, 11) is 0. The molecule has 2 aromatic heterocycles. The molecular formula is C16H22N4O. The lowest BCUT2D eigenvalue weighted by Gasteiger charge is -2.13. The summed E-state index contributed by atoms with van der Waals surface area (Å²) in [6.07, 6.45) is 6.46. The van der Waals surface area contributed by atoms with E-state index in [1.165, 1.54) is 12.8 Å². The highest BCUT2D eigenvalue weighted by Gasteiger charge is 2.21. The number of hydrogen-bond donors (Lipinski definition) is 1. The lowest BCUT2D eigenvalue weighted by molar-refractivity contribution is 0.0931. The van der Waals surface area contributed by atoms with E-state index >= 15 is 0 Å². The normalized spacial score (nSPS) is 16.5. The Morgan fingerprint density at radius 1 is 1.29 bits per heavy atom. The third-order valence-corrected chi connectivity index (χ3v) is 4.01. The molecule has 5 heteroatoms. The van der Waals surface area contributed by atoms with Gasteiger partial charge in [-0.25, -0.2) is 9.50 Å². The van der Waals surface area contributed by atoms with Crippen molar-refractivity contribution in [1.82, 2.24) is 19.9 Å². The number of carbonyl (C=O) groups excluding carboxylic acids is 1. The smallest absolute Gasteiger partial charge is 0.271 e. The Kier molecular flexibility index (Phi) is 3.43. The van der Waals surface area contributed by atoms with Crippen LogP contribution >= 0.6 is 0 Å². The van der Waals surface area contributed by atoms with Crippen LogP contribution in [0.5, 0.6) is 0 Å². The highest BCUT2D eigenvalue weighted by atomic mass is 16.2. The zero-order valence-corrected chi connectivity index (χ0v) is 12.9. The van der Waals surface area contributed by atoms with Crippen LogP contribution in [-0.4, -0.2) is 26.5 Å². The molecule has 1 amide bonds. The van der Waals surface area contributed by atoms with E-state index in [9.17, 15) is 4.79 Å². The number of amides is 1. The van der Waals surface area contributed by atoms with Crippen LogP contribution in [0.2, 0.25) is 0 Å². The lowest BCUT2D eigenvalue weighted by Crippen LogP contribution is -2.33. The molecule has 0 saturated heterocycles. The highest BCUT2D eigenvalue weighted by molar-refractivity contribution is 5.92. The minimum Gasteiger partial charge on any atom is -0.348 e. The molecule has 0 bridgehead atoms. The number of nitrogens with one attached hydrogen (secondary N) is 1. The lowest BCUT2D eigenvalue weighted by atomic mass is 9.93. The van der Waals surface area contributed by atoms with Crippen LogP contribution in [0.1, 0.15) is 62.6 Å². The SMILES string of the molecule is CC(C)(C)c1cn2nc(C(=O)NC3CCCC3)ccc2n1. The predicted octanol–water partition coefficient (Wildman–Crippen LogP) is 2.70. The number of carbonyl (C=O) groups is 1. The van der Waals surface area contributed by atoms with Crippen LogP contribution in [0.15, 0.2) is 18.3 Å². The Balaban J connectivity index is 1.84. The predicted molar refractivity (Wildman–Crippen MR) is 81.4 cm³/mol. The molecule has 1 N–H and O–H groups in total. The average Bonchev–Trinajstić information content (AvgIpc) is 3.04. The van der Waals surface area contributed by atoms with Gasteiger partial charge in [0.15, 0.2) is 5.65 Å². The van der Waals surface area contributed by atoms with E-state index in [-0.39, 0.29) is 11.3 Å². The van der Waals surface area contributed by atoms with Gasteiger partial charge in [0, 0.05) is 11.5 Å². The first-order chi connectivity index (χ1) is 9.93. The van der Waals surface area contributed by atoms with Gasteiger partial charge in [0.1, 0.15) is 5.69 Å². The van der Waals surface area contributed by atoms with Crippen LogP contribution in [-0.2, 0) is 5.41 Å². The molecule has 1 aliphatic carbocycles. The zero-order valence-electron chi connectivity index (χ0n) is 12.9. The third kappa shape index (κ3) is 2.91. The van der Waals surface area contributed by atoms with Crippen molar-refractivity contribution in [3.8, 4) is 0 Å². The maximum absolute atomic E-state index is 12.2. The van der Waals surface area contributed by atoms with Crippen molar-refractivity contribution in [2.75, 3.05) is 0 Å². The molecule has 5 nitrogen and oxygen atoms in total. The monoisotopic (exact) mass is 286 g/mol. The van der Waals surface area contributed by atoms with Crippen molar-refractivity contribution >= 4 is 11.6 Å². The molecule has 1 aliphatic rings. The van der Waals surface area contributed by atoms with Gasteiger partial charge in [0.2, 0.25) is 0 Å². The van der Waals surface area contributed by atoms with Crippen LogP contribution in [0, 0.1) is 0 Å². The van der Waals surface area contributed by atoms with E-state index in [0.29, 0.717) is 11.7 Å². The molecule has 0 radical (unpaired) electrons. The second-order valence-electron chi connectivity index (χ2n) is 6.85. The summed E-state index contributed by atoms with van der Waals surface area (Å²) in [5.74, 6) is -0.0881. The highest BCUT2D eigenvalue weighted by Crippen LogP contribution is 2.21. The first-order valence-electron chi connectivity index (χ1n) is 7.61. The molecule has 2 aromatic rings. The number of aromatic nitrogens is 3. The zero-order chi connectivity index (χ0) is 15.0. The Bertz CT molecular complexity index is 662. The Labute approximate surface area is 124 Å². The van der Waals surface area contributed by atoms with Gasteiger partial charge in [-0.3, -0.25) is 4.79 Å². The minimum atomic E-state index is -0.0881. The summed E-state index contributed by atoms with van der Waals surface area (Å²) >= 11 is 0. The number of nitrogens with zero attached hydrogens (tertiary/aromatic N) is 3. The molecule has 0 unspecified atom stereocenters. The van der Waals surface area contributed by atoms with Crippen LogP contribution in [0.25, 0.3) is 5.65 Å². The van der Waals surface area contributed by atoms with E-state index in [1.54, 1.807) is 10.6 Å². The first-order valence-corrected chi connectivity index (χ1v) is 7.61.